The van der Waals surface area contributed by atoms with E-state index in [9.17, 15) is 0 Å². The van der Waals surface area contributed by atoms with Crippen LogP contribution in [-0.2, 0) is 0 Å². The minimum absolute atomic E-state index is 0.319. The molecule has 0 aliphatic rings. The molecule has 0 radical (unpaired) electrons. The summed E-state index contributed by atoms with van der Waals surface area (Å²) in [7, 11) is 1.81. The molecule has 0 aliphatic carbocycles. The van der Waals surface area contributed by atoms with Gasteiger partial charge in [0.05, 0.1) is 0 Å². The summed E-state index contributed by atoms with van der Waals surface area (Å²) in [4.78, 5) is 0. The van der Waals surface area contributed by atoms with E-state index in [-0.39, 0.29) is 0 Å². The second-order valence-corrected chi connectivity index (χ2v) is 1.57. The molecule has 0 fully saturated rings. The van der Waals surface area contributed by atoms with Gasteiger partial charge in [-0.2, -0.15) is 0 Å². The van der Waals surface area contributed by atoms with Gasteiger partial charge in [-0.05, 0) is 0 Å². The third-order valence-corrected chi connectivity index (χ3v) is 1.00. The molecule has 0 aliphatic heterocycles. The largest absolute Gasteiger partial charge is 0.380 e. The van der Waals surface area contributed by atoms with Gasteiger partial charge in [0, 0.05) is 0 Å². The van der Waals surface area contributed by atoms with Crippen molar-refractivity contribution in [1.82, 2.24) is 0 Å². The smallest absolute Gasteiger partial charge is 0.150 e. The Morgan fingerprint density at radius 1 is 0.857 bits per heavy atom. The molecule has 0 aromatic heterocycles. The Balaban J connectivity index is 2.99. The van der Waals surface area contributed by atoms with Gasteiger partial charge in [0.25, 0.3) is 0 Å². The van der Waals surface area contributed by atoms with Crippen molar-refractivity contribution in [2.75, 3.05) is 0 Å². The molecular formula is H9B4N3. The van der Waals surface area contributed by atoms with Crippen LogP contribution >= 0.6 is 0 Å². The van der Waals surface area contributed by atoms with Crippen molar-refractivity contribution in [1.29, 1.82) is 0 Å². The topological polar surface area (TPSA) is 78.1 Å². The second kappa shape index (κ2) is 4.30. The van der Waals surface area contributed by atoms with Gasteiger partial charge in [-0.25, -0.2) is 0 Å². The summed E-state index contributed by atoms with van der Waals surface area (Å²) in [5.41, 5.74) is 15.7. The maximum Gasteiger partial charge on any atom is 0.150 e. The zero-order valence-corrected chi connectivity index (χ0v) is 4.43. The minimum atomic E-state index is 0.319. The quantitative estimate of drug-likeness (QED) is 0.311. The molecule has 7 heteroatoms. The van der Waals surface area contributed by atoms with Crippen LogP contribution in [0.1, 0.15) is 0 Å². The Kier molecular flexibility index (Phi) is 4.39. The summed E-state index contributed by atoms with van der Waals surface area (Å²) in [6.45, 7) is 0. The lowest BCUT2D eigenvalue weighted by molar-refractivity contribution is 1.93. The number of nitrogens with two attached hydrogens (primary N) is 3. The van der Waals surface area contributed by atoms with Gasteiger partial charge in [0.2, 0.25) is 0 Å². The van der Waals surface area contributed by atoms with Gasteiger partial charge in [-0.1, -0.05) is 0 Å². The molecule has 0 amide bonds. The van der Waals surface area contributed by atoms with Crippen molar-refractivity contribution in [3.05, 3.63) is 0 Å². The Hall–Kier alpha value is 0.140. The van der Waals surface area contributed by atoms with Crippen molar-refractivity contribution in [3.63, 3.8) is 0 Å². The van der Waals surface area contributed by atoms with Gasteiger partial charge in [-0.15, -0.1) is 0 Å². The van der Waals surface area contributed by atoms with E-state index in [1.54, 1.807) is 0 Å². The first-order chi connectivity index (χ1) is 3.35. The summed E-state index contributed by atoms with van der Waals surface area (Å²) in [6.07, 6.45) is 0.319. The van der Waals surface area contributed by atoms with E-state index >= 15 is 0 Å². The molecule has 6 N–H and O–H groups in total. The minimum Gasteiger partial charge on any atom is -0.380 e. The molecule has 0 bridgehead atoms. The van der Waals surface area contributed by atoms with Gasteiger partial charge in [-0.3, -0.25) is 0 Å². The maximum absolute atomic E-state index is 5.23. The lowest BCUT2D eigenvalue weighted by Gasteiger charge is -1.95. The molecule has 3 nitrogen and oxygen atoms in total. The van der Waals surface area contributed by atoms with E-state index in [1.807, 2.05) is 0 Å². The van der Waals surface area contributed by atoms with E-state index in [2.05, 4.69) is 0 Å². The fraction of sp³-hybridized carbons (Fsp3) is 0. The Morgan fingerprint density at radius 3 is 1.14 bits per heavy atom. The third kappa shape index (κ3) is 2.79. The van der Waals surface area contributed by atoms with Crippen LogP contribution in [-0.4, -0.2) is 28.3 Å². The molecule has 0 atom stereocenters. The Morgan fingerprint density at radius 2 is 1.14 bits per heavy atom. The number of hydrogen-bond acceptors (Lipinski definition) is 3. The summed E-state index contributed by atoms with van der Waals surface area (Å²) in [5.74, 6) is 0. The first-order valence-corrected chi connectivity index (χ1v) is 2.45. The standard InChI is InChI=1S/B4H9N3/c5-1-4(2-6)3-7/h1-3H,5-7H2. The van der Waals surface area contributed by atoms with Crippen molar-refractivity contribution in [3.8, 4) is 0 Å². The Bertz CT molecular complexity index is 28.4. The zero-order valence-electron chi connectivity index (χ0n) is 4.43. The number of hydrogen-bond donors (Lipinski definition) is 3. The number of rotatable bonds is 3. The van der Waals surface area contributed by atoms with Gasteiger partial charge in [0.1, 0.15) is 28.3 Å². The summed E-state index contributed by atoms with van der Waals surface area (Å²) < 4.78 is 0. The van der Waals surface area contributed by atoms with E-state index in [0.717, 1.165) is 0 Å². The van der Waals surface area contributed by atoms with Crippen LogP contribution in [0.4, 0.5) is 0 Å². The average Bonchev–Trinajstić information content (AvgIpc) is 1.72. The van der Waals surface area contributed by atoms with Crippen LogP contribution in [0.15, 0.2) is 0 Å². The van der Waals surface area contributed by atoms with Crippen LogP contribution in [0, 0.1) is 0 Å². The highest BCUT2D eigenvalue weighted by Crippen LogP contribution is 1.56. The molecule has 0 aromatic carbocycles. The van der Waals surface area contributed by atoms with E-state index in [1.165, 1.54) is 0 Å². The SMILES string of the molecule is NBB(BN)BN. The van der Waals surface area contributed by atoms with Crippen LogP contribution in [0.2, 0.25) is 0 Å². The monoisotopic (exact) mass is 95.1 g/mol. The third-order valence-electron chi connectivity index (χ3n) is 1.00. The molecule has 0 aromatic rings. The van der Waals surface area contributed by atoms with Gasteiger partial charge in [0.15, 0.2) is 0 Å². The first kappa shape index (κ1) is 7.14. The Labute approximate surface area is 46.2 Å². The van der Waals surface area contributed by atoms with Crippen LogP contribution in [0.3, 0.4) is 0 Å². The zero-order chi connectivity index (χ0) is 5.70. The highest BCUT2D eigenvalue weighted by molar-refractivity contribution is 7.58. The van der Waals surface area contributed by atoms with Gasteiger partial charge < -0.3 is 16.9 Å². The van der Waals surface area contributed by atoms with E-state index < -0.39 is 0 Å². The average molecular weight is 94.3 g/mol. The normalized spacial score (nSPS) is 7.29. The molecule has 7 heavy (non-hydrogen) atoms. The highest BCUT2D eigenvalue weighted by Gasteiger charge is 2.08. The molecule has 0 heterocycles. The lowest BCUT2D eigenvalue weighted by atomic mass is 8.98. The molecule has 0 saturated heterocycles. The molecule has 36 valence electrons. The fourth-order valence-corrected chi connectivity index (χ4v) is 0.289. The van der Waals surface area contributed by atoms with E-state index in [0.29, 0.717) is 28.3 Å². The molecular weight excluding hydrogens is 85.3 g/mol. The predicted molar refractivity (Wildman–Crippen MR) is 39.8 cm³/mol. The molecule has 0 spiro atoms. The fourth-order valence-electron chi connectivity index (χ4n) is 0.289. The first-order valence-electron chi connectivity index (χ1n) is 2.45. The molecule has 0 unspecified atom stereocenters. The van der Waals surface area contributed by atoms with E-state index in [4.69, 9.17) is 16.9 Å². The van der Waals surface area contributed by atoms with Crippen LogP contribution in [0.25, 0.3) is 0 Å². The summed E-state index contributed by atoms with van der Waals surface area (Å²) >= 11 is 0. The van der Waals surface area contributed by atoms with Crippen molar-refractivity contribution >= 4 is 28.3 Å². The van der Waals surface area contributed by atoms with Crippen molar-refractivity contribution in [2.45, 2.75) is 0 Å². The van der Waals surface area contributed by atoms with Crippen LogP contribution in [0.5, 0.6) is 0 Å². The van der Waals surface area contributed by atoms with Crippen molar-refractivity contribution in [2.24, 2.45) is 16.9 Å². The van der Waals surface area contributed by atoms with Crippen molar-refractivity contribution < 1.29 is 0 Å². The molecule has 0 rings (SSSR count). The molecule has 0 saturated carbocycles. The second-order valence-electron chi connectivity index (χ2n) is 1.57. The highest BCUT2D eigenvalue weighted by atomic mass is 14.4. The summed E-state index contributed by atoms with van der Waals surface area (Å²) in [5, 5.41) is 0. The van der Waals surface area contributed by atoms with Gasteiger partial charge >= 0.3 is 0 Å². The van der Waals surface area contributed by atoms with Crippen LogP contribution < -0.4 is 16.9 Å². The lowest BCUT2D eigenvalue weighted by Crippen LogP contribution is -2.49. The maximum atomic E-state index is 5.23. The predicted octanol–water partition coefficient (Wildman–Crippen LogP) is -4.10. The summed E-state index contributed by atoms with van der Waals surface area (Å²) in [6, 6.07) is 0.